The van der Waals surface area contributed by atoms with Gasteiger partial charge >= 0.3 is 0 Å². The average Bonchev–Trinajstić information content (AvgIpc) is 2.97. The van der Waals surface area contributed by atoms with Crippen LogP contribution in [0.1, 0.15) is 25.0 Å². The van der Waals surface area contributed by atoms with Gasteiger partial charge in [0.1, 0.15) is 12.4 Å². The second-order valence-corrected chi connectivity index (χ2v) is 6.33. The number of nitrogens with one attached hydrogen (secondary N) is 1. The van der Waals surface area contributed by atoms with E-state index < -0.39 is 0 Å². The molecule has 1 aromatic carbocycles. The summed E-state index contributed by atoms with van der Waals surface area (Å²) in [4.78, 5) is 4.46. The van der Waals surface area contributed by atoms with Gasteiger partial charge in [-0.25, -0.2) is 9.50 Å². The number of hydrogen-bond acceptors (Lipinski definition) is 4. The van der Waals surface area contributed by atoms with E-state index in [-0.39, 0.29) is 0 Å². The highest BCUT2D eigenvalue weighted by atomic mass is 16.5. The molecule has 1 N–H and O–H groups in total. The quantitative estimate of drug-likeness (QED) is 0.801. The van der Waals surface area contributed by atoms with Gasteiger partial charge in [0.15, 0.2) is 5.65 Å². The van der Waals surface area contributed by atoms with Gasteiger partial charge in [0, 0.05) is 24.0 Å². The number of hydrogen-bond donors (Lipinski definition) is 1. The molecule has 1 unspecified atom stereocenters. The van der Waals surface area contributed by atoms with E-state index in [0.29, 0.717) is 6.04 Å². The highest BCUT2D eigenvalue weighted by molar-refractivity contribution is 5.79. The number of aryl methyl sites for hydroxylation is 1. The molecule has 0 spiro atoms. The standard InChI is InChI=1S/C19H22N4O/c1-14-18(19-21-11-4-12-23(19)22-14)15-6-8-17(9-7-15)24-13-16-5-2-3-10-20-16/h4,6-9,11-12,16,20H,2-3,5,10,13H2,1H3. The SMILES string of the molecule is Cc1nn2cccnc2c1-c1ccc(OCC2CCCCN2)cc1. The van der Waals surface area contributed by atoms with Crippen LogP contribution in [0.5, 0.6) is 5.75 Å². The molecule has 24 heavy (non-hydrogen) atoms. The number of ether oxygens (including phenoxy) is 1. The van der Waals surface area contributed by atoms with Crippen molar-refractivity contribution in [2.24, 2.45) is 0 Å². The summed E-state index contributed by atoms with van der Waals surface area (Å²) in [6, 6.07) is 10.6. The molecule has 1 atom stereocenters. The number of fused-ring (bicyclic) bond motifs is 1. The molecule has 0 saturated carbocycles. The number of rotatable bonds is 4. The second-order valence-electron chi connectivity index (χ2n) is 6.33. The van der Waals surface area contributed by atoms with Crippen LogP contribution in [0.15, 0.2) is 42.7 Å². The number of nitrogens with zero attached hydrogens (tertiary/aromatic N) is 3. The fraction of sp³-hybridized carbons (Fsp3) is 0.368. The van der Waals surface area contributed by atoms with Crippen molar-refractivity contribution in [1.82, 2.24) is 19.9 Å². The summed E-state index contributed by atoms with van der Waals surface area (Å²) in [5.74, 6) is 0.910. The van der Waals surface area contributed by atoms with Gasteiger partial charge in [-0.15, -0.1) is 0 Å². The minimum absolute atomic E-state index is 0.476. The van der Waals surface area contributed by atoms with E-state index in [1.54, 1.807) is 6.20 Å². The van der Waals surface area contributed by atoms with Gasteiger partial charge < -0.3 is 10.1 Å². The minimum Gasteiger partial charge on any atom is -0.492 e. The molecule has 0 aliphatic carbocycles. The molecule has 3 heterocycles. The maximum atomic E-state index is 5.94. The molecule has 0 bridgehead atoms. The molecule has 124 valence electrons. The van der Waals surface area contributed by atoms with E-state index in [4.69, 9.17) is 4.74 Å². The predicted molar refractivity (Wildman–Crippen MR) is 94.3 cm³/mol. The van der Waals surface area contributed by atoms with E-state index in [1.165, 1.54) is 19.3 Å². The Bertz CT molecular complexity index is 819. The lowest BCUT2D eigenvalue weighted by atomic mass is 10.1. The Labute approximate surface area is 141 Å². The lowest BCUT2D eigenvalue weighted by molar-refractivity contribution is 0.239. The molecule has 0 amide bonds. The molecule has 1 aliphatic rings. The normalized spacial score (nSPS) is 18.0. The Balaban J connectivity index is 1.51. The van der Waals surface area contributed by atoms with Crippen molar-refractivity contribution in [1.29, 1.82) is 0 Å². The summed E-state index contributed by atoms with van der Waals surface area (Å²) in [7, 11) is 0. The summed E-state index contributed by atoms with van der Waals surface area (Å²) in [6.45, 7) is 3.85. The summed E-state index contributed by atoms with van der Waals surface area (Å²) in [5.41, 5.74) is 4.06. The Hall–Kier alpha value is -2.40. The zero-order chi connectivity index (χ0) is 16.4. The molecule has 5 heteroatoms. The van der Waals surface area contributed by atoms with Crippen LogP contribution in [0.3, 0.4) is 0 Å². The zero-order valence-corrected chi connectivity index (χ0v) is 13.9. The summed E-state index contributed by atoms with van der Waals surface area (Å²) in [5, 5.41) is 8.03. The van der Waals surface area contributed by atoms with Crippen LogP contribution in [-0.4, -0.2) is 33.8 Å². The van der Waals surface area contributed by atoms with E-state index in [1.807, 2.05) is 35.8 Å². The van der Waals surface area contributed by atoms with Crippen molar-refractivity contribution < 1.29 is 4.74 Å². The Morgan fingerprint density at radius 1 is 1.25 bits per heavy atom. The van der Waals surface area contributed by atoms with Gasteiger partial charge in [0.2, 0.25) is 0 Å². The van der Waals surface area contributed by atoms with E-state index in [0.717, 1.165) is 41.4 Å². The van der Waals surface area contributed by atoms with Crippen LogP contribution in [0.4, 0.5) is 0 Å². The van der Waals surface area contributed by atoms with Crippen molar-refractivity contribution in [2.45, 2.75) is 32.2 Å². The van der Waals surface area contributed by atoms with Crippen LogP contribution < -0.4 is 10.1 Å². The first-order valence-corrected chi connectivity index (χ1v) is 8.58. The Kier molecular flexibility index (Phi) is 4.17. The second kappa shape index (κ2) is 6.61. The van der Waals surface area contributed by atoms with Crippen molar-refractivity contribution in [3.05, 3.63) is 48.4 Å². The fourth-order valence-electron chi connectivity index (χ4n) is 3.32. The molecule has 4 rings (SSSR count). The van der Waals surface area contributed by atoms with Crippen LogP contribution >= 0.6 is 0 Å². The fourth-order valence-corrected chi connectivity index (χ4v) is 3.32. The first-order chi connectivity index (χ1) is 11.8. The minimum atomic E-state index is 0.476. The number of piperidine rings is 1. The molecule has 3 aromatic rings. The highest BCUT2D eigenvalue weighted by Crippen LogP contribution is 2.28. The zero-order valence-electron chi connectivity index (χ0n) is 13.9. The van der Waals surface area contributed by atoms with Crippen molar-refractivity contribution in [3.8, 4) is 16.9 Å². The summed E-state index contributed by atoms with van der Waals surface area (Å²) >= 11 is 0. The van der Waals surface area contributed by atoms with Gasteiger partial charge in [0.05, 0.1) is 5.69 Å². The lowest BCUT2D eigenvalue weighted by Crippen LogP contribution is -2.38. The van der Waals surface area contributed by atoms with Crippen LogP contribution in [0, 0.1) is 6.92 Å². The monoisotopic (exact) mass is 322 g/mol. The highest BCUT2D eigenvalue weighted by Gasteiger charge is 2.14. The van der Waals surface area contributed by atoms with Gasteiger partial charge in [0.25, 0.3) is 0 Å². The topological polar surface area (TPSA) is 51.5 Å². The summed E-state index contributed by atoms with van der Waals surface area (Å²) < 4.78 is 7.76. The number of aromatic nitrogens is 3. The van der Waals surface area contributed by atoms with Crippen molar-refractivity contribution >= 4 is 5.65 Å². The maximum absolute atomic E-state index is 5.94. The van der Waals surface area contributed by atoms with Gasteiger partial charge in [-0.1, -0.05) is 18.6 Å². The van der Waals surface area contributed by atoms with Crippen LogP contribution in [0.25, 0.3) is 16.8 Å². The lowest BCUT2D eigenvalue weighted by Gasteiger charge is -2.23. The molecule has 0 radical (unpaired) electrons. The summed E-state index contributed by atoms with van der Waals surface area (Å²) in [6.07, 6.45) is 7.49. The average molecular weight is 322 g/mol. The molecule has 1 saturated heterocycles. The third-order valence-corrected chi connectivity index (χ3v) is 4.58. The van der Waals surface area contributed by atoms with E-state index >= 15 is 0 Å². The predicted octanol–water partition coefficient (Wildman–Crippen LogP) is 3.23. The van der Waals surface area contributed by atoms with Crippen molar-refractivity contribution in [2.75, 3.05) is 13.2 Å². The van der Waals surface area contributed by atoms with Crippen molar-refractivity contribution in [3.63, 3.8) is 0 Å². The molecule has 2 aromatic heterocycles. The molecule has 1 fully saturated rings. The van der Waals surface area contributed by atoms with Gasteiger partial charge in [-0.2, -0.15) is 5.10 Å². The van der Waals surface area contributed by atoms with Crippen LogP contribution in [0.2, 0.25) is 0 Å². The largest absolute Gasteiger partial charge is 0.492 e. The molecular weight excluding hydrogens is 300 g/mol. The van der Waals surface area contributed by atoms with Crippen LogP contribution in [-0.2, 0) is 0 Å². The van der Waals surface area contributed by atoms with Gasteiger partial charge in [-0.05, 0) is 50.1 Å². The first kappa shape index (κ1) is 15.1. The Morgan fingerprint density at radius 2 is 2.12 bits per heavy atom. The van der Waals surface area contributed by atoms with Gasteiger partial charge in [-0.3, -0.25) is 0 Å². The smallest absolute Gasteiger partial charge is 0.163 e. The molecule has 5 nitrogen and oxygen atoms in total. The third-order valence-electron chi connectivity index (χ3n) is 4.58. The number of benzene rings is 1. The first-order valence-electron chi connectivity index (χ1n) is 8.58. The third kappa shape index (κ3) is 2.99. The Morgan fingerprint density at radius 3 is 2.92 bits per heavy atom. The molecular formula is C19H22N4O. The maximum Gasteiger partial charge on any atom is 0.163 e. The molecule has 1 aliphatic heterocycles. The van der Waals surface area contributed by atoms with E-state index in [2.05, 4.69) is 27.5 Å². The van der Waals surface area contributed by atoms with E-state index in [9.17, 15) is 0 Å².